The molecule has 0 saturated heterocycles. The normalized spacial score (nSPS) is 10.8. The van der Waals surface area contributed by atoms with Crippen LogP contribution in [0.5, 0.6) is 11.5 Å². The van der Waals surface area contributed by atoms with Crippen molar-refractivity contribution < 1.29 is 19.1 Å². The summed E-state index contributed by atoms with van der Waals surface area (Å²) in [7, 11) is 1.49. The van der Waals surface area contributed by atoms with Gasteiger partial charge in [-0.2, -0.15) is 0 Å². The maximum atomic E-state index is 12.4. The number of rotatable bonds is 9. The summed E-state index contributed by atoms with van der Waals surface area (Å²) >= 11 is 1.59. The van der Waals surface area contributed by atoms with Crippen molar-refractivity contribution >= 4 is 23.2 Å². The molecule has 1 aromatic heterocycles. The highest BCUT2D eigenvalue weighted by molar-refractivity contribution is 7.09. The van der Waals surface area contributed by atoms with E-state index in [9.17, 15) is 9.59 Å². The molecule has 1 aromatic carbocycles. The van der Waals surface area contributed by atoms with Gasteiger partial charge in [0, 0.05) is 22.9 Å². The molecule has 7 nitrogen and oxygen atoms in total. The highest BCUT2D eigenvalue weighted by Crippen LogP contribution is 2.28. The predicted octanol–water partition coefficient (Wildman–Crippen LogP) is 3.11. The highest BCUT2D eigenvalue weighted by atomic mass is 32.1. The monoisotopic (exact) mass is 405 g/mol. The largest absolute Gasteiger partial charge is 0.493 e. The third kappa shape index (κ3) is 6.23. The maximum absolute atomic E-state index is 12.4. The minimum absolute atomic E-state index is 0.0402. The Labute approximate surface area is 169 Å². The van der Waals surface area contributed by atoms with Gasteiger partial charge in [-0.05, 0) is 32.0 Å². The van der Waals surface area contributed by atoms with Crippen molar-refractivity contribution in [3.05, 3.63) is 39.8 Å². The van der Waals surface area contributed by atoms with Crippen LogP contribution in [-0.2, 0) is 11.3 Å². The summed E-state index contributed by atoms with van der Waals surface area (Å²) in [6, 6.07) is 4.88. The lowest BCUT2D eigenvalue weighted by Crippen LogP contribution is -2.34. The third-order valence-corrected chi connectivity index (χ3v) is 4.92. The first kappa shape index (κ1) is 21.7. The number of aromatic nitrogens is 1. The number of benzene rings is 1. The van der Waals surface area contributed by atoms with Gasteiger partial charge in [-0.15, -0.1) is 11.3 Å². The van der Waals surface area contributed by atoms with Crippen LogP contribution in [0.25, 0.3) is 0 Å². The molecule has 0 spiro atoms. The van der Waals surface area contributed by atoms with Crippen molar-refractivity contribution in [1.29, 1.82) is 0 Å². The fraction of sp³-hybridized carbons (Fsp3) is 0.450. The zero-order valence-corrected chi connectivity index (χ0v) is 17.7. The molecule has 0 radical (unpaired) electrons. The molecule has 152 valence electrons. The average Bonchev–Trinajstić information content (AvgIpc) is 3.13. The first-order chi connectivity index (χ1) is 13.3. The van der Waals surface area contributed by atoms with E-state index in [1.807, 2.05) is 19.2 Å². The molecular weight excluding hydrogens is 378 g/mol. The van der Waals surface area contributed by atoms with Gasteiger partial charge in [0.1, 0.15) is 0 Å². The van der Waals surface area contributed by atoms with E-state index >= 15 is 0 Å². The number of nitrogens with zero attached hydrogens (tertiary/aromatic N) is 1. The summed E-state index contributed by atoms with van der Waals surface area (Å²) in [6.07, 6.45) is 0. The van der Waals surface area contributed by atoms with Crippen molar-refractivity contribution in [2.75, 3.05) is 13.7 Å². The smallest absolute Gasteiger partial charge is 0.258 e. The van der Waals surface area contributed by atoms with E-state index in [0.717, 1.165) is 10.7 Å². The van der Waals surface area contributed by atoms with Crippen molar-refractivity contribution in [2.45, 2.75) is 46.2 Å². The van der Waals surface area contributed by atoms with Crippen molar-refractivity contribution in [3.8, 4) is 11.5 Å². The second kappa shape index (κ2) is 10.1. The Morgan fingerprint density at radius 1 is 1.18 bits per heavy atom. The number of ether oxygens (including phenoxy) is 2. The van der Waals surface area contributed by atoms with Crippen LogP contribution in [0.15, 0.2) is 23.6 Å². The van der Waals surface area contributed by atoms with Gasteiger partial charge in [-0.25, -0.2) is 4.98 Å². The van der Waals surface area contributed by atoms with Crippen LogP contribution in [0.1, 0.15) is 54.7 Å². The lowest BCUT2D eigenvalue weighted by molar-refractivity contribution is -0.123. The Kier molecular flexibility index (Phi) is 7.80. The first-order valence-corrected chi connectivity index (χ1v) is 10.0. The Morgan fingerprint density at radius 3 is 2.54 bits per heavy atom. The van der Waals surface area contributed by atoms with E-state index in [2.05, 4.69) is 29.5 Å². The Balaban J connectivity index is 1.97. The summed E-state index contributed by atoms with van der Waals surface area (Å²) in [5.41, 5.74) is 1.28. The van der Waals surface area contributed by atoms with Crippen molar-refractivity contribution in [2.24, 2.45) is 0 Å². The molecule has 0 unspecified atom stereocenters. The van der Waals surface area contributed by atoms with Gasteiger partial charge in [-0.1, -0.05) is 13.8 Å². The van der Waals surface area contributed by atoms with E-state index < -0.39 is 0 Å². The van der Waals surface area contributed by atoms with Crippen LogP contribution in [0.3, 0.4) is 0 Å². The molecule has 1 heterocycles. The van der Waals surface area contributed by atoms with Crippen molar-refractivity contribution in [3.63, 3.8) is 0 Å². The lowest BCUT2D eigenvalue weighted by atomic mass is 10.2. The van der Waals surface area contributed by atoms with Crippen LogP contribution in [-0.4, -0.2) is 36.6 Å². The summed E-state index contributed by atoms with van der Waals surface area (Å²) in [6.45, 7) is 8.16. The van der Waals surface area contributed by atoms with Crippen LogP contribution in [0, 0.1) is 0 Å². The van der Waals surface area contributed by atoms with Gasteiger partial charge in [0.25, 0.3) is 11.8 Å². The van der Waals surface area contributed by atoms with Gasteiger partial charge in [0.15, 0.2) is 18.1 Å². The van der Waals surface area contributed by atoms with E-state index in [4.69, 9.17) is 9.47 Å². The SMILES string of the molecule is COc1cc(C(=O)NCc2csc(C(C)C)n2)ccc1OCC(=O)NC(C)C. The predicted molar refractivity (Wildman–Crippen MR) is 109 cm³/mol. The number of carbonyl (C=O) groups excluding carboxylic acids is 2. The molecule has 0 atom stereocenters. The second-order valence-electron chi connectivity index (χ2n) is 6.89. The van der Waals surface area contributed by atoms with Gasteiger partial charge in [-0.3, -0.25) is 9.59 Å². The molecule has 2 N–H and O–H groups in total. The molecule has 2 amide bonds. The van der Waals surface area contributed by atoms with Crippen LogP contribution in [0.4, 0.5) is 0 Å². The summed E-state index contributed by atoms with van der Waals surface area (Å²) < 4.78 is 10.8. The summed E-state index contributed by atoms with van der Waals surface area (Å²) in [4.78, 5) is 28.7. The molecule has 0 fully saturated rings. The quantitative estimate of drug-likeness (QED) is 0.669. The van der Waals surface area contributed by atoms with Crippen LogP contribution in [0.2, 0.25) is 0 Å². The van der Waals surface area contributed by atoms with Gasteiger partial charge < -0.3 is 20.1 Å². The molecule has 2 rings (SSSR count). The lowest BCUT2D eigenvalue weighted by Gasteiger charge is -2.13. The standard InChI is InChI=1S/C20H27N3O4S/c1-12(2)20-23-15(11-28-20)9-21-19(25)14-6-7-16(17(8-14)26-5)27-10-18(24)22-13(3)4/h6-8,11-13H,9-10H2,1-5H3,(H,21,25)(H,22,24). The fourth-order valence-corrected chi connectivity index (χ4v) is 3.21. The average molecular weight is 406 g/mol. The zero-order chi connectivity index (χ0) is 20.7. The van der Waals surface area contributed by atoms with E-state index in [1.165, 1.54) is 7.11 Å². The second-order valence-corrected chi connectivity index (χ2v) is 7.78. The number of nitrogens with one attached hydrogen (secondary N) is 2. The Morgan fingerprint density at radius 2 is 1.93 bits per heavy atom. The fourth-order valence-electron chi connectivity index (χ4n) is 2.38. The molecule has 0 aliphatic carbocycles. The molecule has 0 aliphatic heterocycles. The van der Waals surface area contributed by atoms with Crippen molar-refractivity contribution in [1.82, 2.24) is 15.6 Å². The molecule has 8 heteroatoms. The van der Waals surface area contributed by atoms with E-state index in [1.54, 1.807) is 29.5 Å². The third-order valence-electron chi connectivity index (χ3n) is 3.73. The zero-order valence-electron chi connectivity index (χ0n) is 16.9. The summed E-state index contributed by atoms with van der Waals surface area (Å²) in [5, 5.41) is 8.61. The number of methoxy groups -OCH3 is 1. The van der Waals surface area contributed by atoms with E-state index in [0.29, 0.717) is 29.5 Å². The van der Waals surface area contributed by atoms with Gasteiger partial charge in [0.05, 0.1) is 24.4 Å². The number of hydrogen-bond acceptors (Lipinski definition) is 6. The molecule has 0 aliphatic rings. The number of hydrogen-bond donors (Lipinski definition) is 2. The van der Waals surface area contributed by atoms with Crippen LogP contribution >= 0.6 is 11.3 Å². The molecule has 2 aromatic rings. The first-order valence-electron chi connectivity index (χ1n) is 9.12. The molecular formula is C20H27N3O4S. The molecule has 0 saturated carbocycles. The Hall–Kier alpha value is -2.61. The van der Waals surface area contributed by atoms with Gasteiger partial charge in [0.2, 0.25) is 0 Å². The number of carbonyl (C=O) groups is 2. The highest BCUT2D eigenvalue weighted by Gasteiger charge is 2.13. The minimum Gasteiger partial charge on any atom is -0.493 e. The number of amides is 2. The Bertz CT molecular complexity index is 818. The van der Waals surface area contributed by atoms with Crippen LogP contribution < -0.4 is 20.1 Å². The summed E-state index contributed by atoms with van der Waals surface area (Å²) in [5.74, 6) is 0.707. The van der Waals surface area contributed by atoms with Gasteiger partial charge >= 0.3 is 0 Å². The maximum Gasteiger partial charge on any atom is 0.258 e. The molecule has 0 bridgehead atoms. The minimum atomic E-state index is -0.235. The topological polar surface area (TPSA) is 89.6 Å². The van der Waals surface area contributed by atoms with E-state index in [-0.39, 0.29) is 24.5 Å². The molecule has 28 heavy (non-hydrogen) atoms. The number of thiazole rings is 1.